The third-order valence-corrected chi connectivity index (χ3v) is 3.81. The molecule has 4 heteroatoms. The smallest absolute Gasteiger partial charge is 0.195 e. The number of nitrogen functional groups attached to an aromatic ring is 1. The maximum atomic E-state index is 13.8. The standard InChI is InChI=1S/C17H11ClFNO/c18-16-13(6-3-7-15(16)20)17(21)12-8-9-14(19)11-5-2-1-4-10(11)12/h1-9H,20H2. The summed E-state index contributed by atoms with van der Waals surface area (Å²) in [6, 6.07) is 14.5. The van der Waals surface area contributed by atoms with Crippen molar-refractivity contribution in [3.05, 3.63) is 76.6 Å². The van der Waals surface area contributed by atoms with Gasteiger partial charge in [0.25, 0.3) is 0 Å². The van der Waals surface area contributed by atoms with Crippen molar-refractivity contribution in [1.82, 2.24) is 0 Å². The van der Waals surface area contributed by atoms with E-state index in [4.69, 9.17) is 17.3 Å². The van der Waals surface area contributed by atoms with Crippen LogP contribution in [0.2, 0.25) is 5.02 Å². The topological polar surface area (TPSA) is 43.1 Å². The van der Waals surface area contributed by atoms with Crippen LogP contribution in [0.1, 0.15) is 15.9 Å². The first-order valence-electron chi connectivity index (χ1n) is 6.35. The quantitative estimate of drug-likeness (QED) is 0.561. The Labute approximate surface area is 126 Å². The number of halogens is 2. The van der Waals surface area contributed by atoms with Gasteiger partial charge in [0, 0.05) is 16.5 Å². The molecule has 0 unspecified atom stereocenters. The van der Waals surface area contributed by atoms with Crippen molar-refractivity contribution >= 4 is 33.8 Å². The Kier molecular flexibility index (Phi) is 3.35. The van der Waals surface area contributed by atoms with Gasteiger partial charge >= 0.3 is 0 Å². The molecule has 104 valence electrons. The van der Waals surface area contributed by atoms with Gasteiger partial charge in [0.05, 0.1) is 10.7 Å². The van der Waals surface area contributed by atoms with Crippen molar-refractivity contribution in [2.75, 3.05) is 5.73 Å². The van der Waals surface area contributed by atoms with Crippen LogP contribution in [-0.4, -0.2) is 5.78 Å². The summed E-state index contributed by atoms with van der Waals surface area (Å²) in [5, 5.41) is 1.18. The van der Waals surface area contributed by atoms with E-state index in [9.17, 15) is 9.18 Å². The van der Waals surface area contributed by atoms with E-state index in [1.165, 1.54) is 12.1 Å². The van der Waals surface area contributed by atoms with Gasteiger partial charge < -0.3 is 5.73 Å². The molecule has 21 heavy (non-hydrogen) atoms. The lowest BCUT2D eigenvalue weighted by Gasteiger charge is -2.09. The first-order valence-corrected chi connectivity index (χ1v) is 6.73. The largest absolute Gasteiger partial charge is 0.398 e. The van der Waals surface area contributed by atoms with Crippen LogP contribution >= 0.6 is 11.6 Å². The van der Waals surface area contributed by atoms with E-state index in [1.807, 2.05) is 0 Å². The number of fused-ring (bicyclic) bond motifs is 1. The molecule has 2 nitrogen and oxygen atoms in total. The second-order valence-electron chi connectivity index (χ2n) is 4.68. The highest BCUT2D eigenvalue weighted by molar-refractivity contribution is 6.37. The second-order valence-corrected chi connectivity index (χ2v) is 5.06. The van der Waals surface area contributed by atoms with Crippen molar-refractivity contribution in [2.24, 2.45) is 0 Å². The molecule has 0 saturated carbocycles. The number of hydrogen-bond acceptors (Lipinski definition) is 2. The number of carbonyl (C=O) groups is 1. The molecule has 0 aliphatic heterocycles. The molecule has 2 N–H and O–H groups in total. The first kappa shape index (κ1) is 13.6. The zero-order valence-corrected chi connectivity index (χ0v) is 11.7. The van der Waals surface area contributed by atoms with E-state index in [-0.39, 0.29) is 16.6 Å². The molecule has 0 radical (unpaired) electrons. The predicted octanol–water partition coefficient (Wildman–Crippen LogP) is 4.45. The lowest BCUT2D eigenvalue weighted by atomic mass is 9.96. The summed E-state index contributed by atoms with van der Waals surface area (Å²) in [6.45, 7) is 0. The van der Waals surface area contributed by atoms with Gasteiger partial charge in [-0.3, -0.25) is 4.79 Å². The third-order valence-electron chi connectivity index (χ3n) is 3.39. The van der Waals surface area contributed by atoms with Crippen molar-refractivity contribution in [2.45, 2.75) is 0 Å². The summed E-state index contributed by atoms with van der Waals surface area (Å²) >= 11 is 6.10. The van der Waals surface area contributed by atoms with Gasteiger partial charge in [-0.25, -0.2) is 4.39 Å². The summed E-state index contributed by atoms with van der Waals surface area (Å²) in [7, 11) is 0. The molecule has 0 aliphatic carbocycles. The fraction of sp³-hybridized carbons (Fsp3) is 0. The average Bonchev–Trinajstić information content (AvgIpc) is 2.50. The normalized spacial score (nSPS) is 10.8. The summed E-state index contributed by atoms with van der Waals surface area (Å²) in [4.78, 5) is 12.7. The van der Waals surface area contributed by atoms with Crippen LogP contribution < -0.4 is 5.73 Å². The minimum absolute atomic E-state index is 0.218. The number of nitrogens with two attached hydrogens (primary N) is 1. The van der Waals surface area contributed by atoms with Crippen molar-refractivity contribution < 1.29 is 9.18 Å². The van der Waals surface area contributed by atoms with Crippen molar-refractivity contribution in [3.63, 3.8) is 0 Å². The molecule has 3 aromatic rings. The van der Waals surface area contributed by atoms with Crippen LogP contribution in [0.15, 0.2) is 54.6 Å². The lowest BCUT2D eigenvalue weighted by molar-refractivity contribution is 0.104. The Bertz CT molecular complexity index is 861. The van der Waals surface area contributed by atoms with Gasteiger partial charge in [0.15, 0.2) is 5.78 Å². The van der Waals surface area contributed by atoms with E-state index in [0.717, 1.165) is 0 Å². The summed E-state index contributed by atoms with van der Waals surface area (Å²) in [5.41, 5.74) is 6.79. The zero-order valence-electron chi connectivity index (χ0n) is 10.9. The molecule has 0 atom stereocenters. The summed E-state index contributed by atoms with van der Waals surface area (Å²) in [5.74, 6) is -0.635. The Hall–Kier alpha value is -2.39. The molecule has 0 amide bonds. The molecule has 0 spiro atoms. The third kappa shape index (κ3) is 2.26. The van der Waals surface area contributed by atoms with Gasteiger partial charge in [-0.05, 0) is 29.7 Å². The number of carbonyl (C=O) groups excluding carboxylic acids is 1. The average molecular weight is 300 g/mol. The Morgan fingerprint density at radius 2 is 1.62 bits per heavy atom. The fourth-order valence-corrected chi connectivity index (χ4v) is 2.54. The minimum atomic E-state index is -0.360. The highest BCUT2D eigenvalue weighted by atomic mass is 35.5. The van der Waals surface area contributed by atoms with Gasteiger partial charge in [0.2, 0.25) is 0 Å². The van der Waals surface area contributed by atoms with Gasteiger partial charge in [-0.15, -0.1) is 0 Å². The second kappa shape index (κ2) is 5.19. The summed E-state index contributed by atoms with van der Waals surface area (Å²) < 4.78 is 13.8. The molecule has 3 rings (SSSR count). The maximum absolute atomic E-state index is 13.8. The number of hydrogen-bond donors (Lipinski definition) is 1. The van der Waals surface area contributed by atoms with E-state index >= 15 is 0 Å². The van der Waals surface area contributed by atoms with Crippen LogP contribution in [0.3, 0.4) is 0 Å². The summed E-state index contributed by atoms with van der Waals surface area (Å²) in [6.07, 6.45) is 0. The van der Waals surface area contributed by atoms with Crippen LogP contribution in [-0.2, 0) is 0 Å². The van der Waals surface area contributed by atoms with E-state index in [2.05, 4.69) is 0 Å². The molecule has 3 aromatic carbocycles. The highest BCUT2D eigenvalue weighted by Gasteiger charge is 2.17. The SMILES string of the molecule is Nc1cccc(C(=O)c2ccc(F)c3ccccc23)c1Cl. The lowest BCUT2D eigenvalue weighted by Crippen LogP contribution is -2.05. The monoisotopic (exact) mass is 299 g/mol. The Morgan fingerprint density at radius 1 is 0.905 bits per heavy atom. The minimum Gasteiger partial charge on any atom is -0.398 e. The maximum Gasteiger partial charge on any atom is 0.195 e. The van der Waals surface area contributed by atoms with Crippen LogP contribution in [0.25, 0.3) is 10.8 Å². The Balaban J connectivity index is 2.23. The van der Waals surface area contributed by atoms with E-state index < -0.39 is 0 Å². The highest BCUT2D eigenvalue weighted by Crippen LogP contribution is 2.29. The van der Waals surface area contributed by atoms with Crippen LogP contribution in [0, 0.1) is 5.82 Å². The van der Waals surface area contributed by atoms with E-state index in [0.29, 0.717) is 27.6 Å². The first-order chi connectivity index (χ1) is 10.1. The van der Waals surface area contributed by atoms with Crippen LogP contribution in [0.4, 0.5) is 10.1 Å². The number of ketones is 1. The number of rotatable bonds is 2. The molecule has 0 bridgehead atoms. The van der Waals surface area contributed by atoms with Gasteiger partial charge in [-0.1, -0.05) is 41.9 Å². The van der Waals surface area contributed by atoms with Crippen molar-refractivity contribution in [1.29, 1.82) is 0 Å². The van der Waals surface area contributed by atoms with Gasteiger partial charge in [0.1, 0.15) is 5.82 Å². The van der Waals surface area contributed by atoms with Gasteiger partial charge in [-0.2, -0.15) is 0 Å². The van der Waals surface area contributed by atoms with Crippen LogP contribution in [0.5, 0.6) is 0 Å². The fourth-order valence-electron chi connectivity index (χ4n) is 2.33. The van der Waals surface area contributed by atoms with Crippen molar-refractivity contribution in [3.8, 4) is 0 Å². The molecular weight excluding hydrogens is 289 g/mol. The molecule has 0 saturated heterocycles. The molecule has 0 fully saturated rings. The van der Waals surface area contributed by atoms with E-state index in [1.54, 1.807) is 42.5 Å². The zero-order chi connectivity index (χ0) is 15.0. The molecule has 0 heterocycles. The number of benzene rings is 3. The number of anilines is 1. The Morgan fingerprint density at radius 3 is 2.38 bits per heavy atom. The molecular formula is C17H11ClFNO. The molecule has 0 aromatic heterocycles. The predicted molar refractivity (Wildman–Crippen MR) is 83.2 cm³/mol. The molecule has 0 aliphatic rings.